The number of carbonyl (C=O) groups is 2. The average molecular weight is 365 g/mol. The number of carbonyl (C=O) groups excluding carboxylic acids is 2. The smallest absolute Gasteiger partial charge is 0.344 e. The Hall–Kier alpha value is -2.80. The highest BCUT2D eigenvalue weighted by Gasteiger charge is 2.16. The van der Waals surface area contributed by atoms with Crippen molar-refractivity contribution in [2.45, 2.75) is 6.92 Å². The Morgan fingerprint density at radius 2 is 2.08 bits per heavy atom. The van der Waals surface area contributed by atoms with Gasteiger partial charge in [-0.15, -0.1) is 0 Å². The summed E-state index contributed by atoms with van der Waals surface area (Å²) in [6.45, 7) is 1.68. The van der Waals surface area contributed by atoms with E-state index in [0.717, 1.165) is 0 Å². The second-order valence-electron chi connectivity index (χ2n) is 4.76. The molecular weight excluding hydrogens is 348 g/mol. The van der Waals surface area contributed by atoms with Crippen LogP contribution < -0.4 is 14.8 Å². The van der Waals surface area contributed by atoms with Gasteiger partial charge in [0.05, 0.1) is 18.7 Å². The third-order valence-corrected chi connectivity index (χ3v) is 3.34. The summed E-state index contributed by atoms with van der Waals surface area (Å²) in [5, 5.41) is 2.93. The normalized spacial score (nSPS) is 10.0. The lowest BCUT2D eigenvalue weighted by atomic mass is 10.3. The lowest BCUT2D eigenvalue weighted by molar-refractivity contribution is -0.119. The van der Waals surface area contributed by atoms with Gasteiger partial charge in [-0.1, -0.05) is 11.6 Å². The molecule has 0 aliphatic heterocycles. The Labute approximate surface area is 149 Å². The third kappa shape index (κ3) is 5.09. The summed E-state index contributed by atoms with van der Waals surface area (Å²) in [6.07, 6.45) is 1.50. The van der Waals surface area contributed by atoms with Crippen molar-refractivity contribution in [3.63, 3.8) is 0 Å². The predicted octanol–water partition coefficient (Wildman–Crippen LogP) is 2.94. The molecule has 0 fully saturated rings. The van der Waals surface area contributed by atoms with Crippen LogP contribution in [0.5, 0.6) is 11.6 Å². The number of pyridine rings is 1. The van der Waals surface area contributed by atoms with Gasteiger partial charge in [-0.05, 0) is 37.3 Å². The van der Waals surface area contributed by atoms with Crippen molar-refractivity contribution in [2.75, 3.05) is 25.6 Å². The molecular formula is C17H17ClN2O5. The number of esters is 1. The fourth-order valence-corrected chi connectivity index (χ4v) is 2.21. The molecule has 0 spiro atoms. The zero-order chi connectivity index (χ0) is 18.2. The maximum absolute atomic E-state index is 12.1. The Kier molecular flexibility index (Phi) is 6.59. The Morgan fingerprint density at radius 1 is 1.28 bits per heavy atom. The van der Waals surface area contributed by atoms with Crippen LogP contribution in [0.3, 0.4) is 0 Å². The standard InChI is InChI=1S/C17H17ClN2O5/c1-3-24-16-12(5-4-8-19-16)17(22)25-10-15(21)20-11-6-7-14(23-2)13(18)9-11/h4-9H,3,10H2,1-2H3,(H,20,21). The summed E-state index contributed by atoms with van der Waals surface area (Å²) in [4.78, 5) is 28.0. The molecule has 0 saturated heterocycles. The summed E-state index contributed by atoms with van der Waals surface area (Å²) in [6, 6.07) is 7.88. The lowest BCUT2D eigenvalue weighted by Crippen LogP contribution is -2.21. The molecule has 25 heavy (non-hydrogen) atoms. The van der Waals surface area contributed by atoms with Crippen LogP contribution in [-0.4, -0.2) is 37.2 Å². The van der Waals surface area contributed by atoms with Gasteiger partial charge < -0.3 is 19.5 Å². The number of benzene rings is 1. The van der Waals surface area contributed by atoms with E-state index in [2.05, 4.69) is 10.3 Å². The highest BCUT2D eigenvalue weighted by Crippen LogP contribution is 2.27. The van der Waals surface area contributed by atoms with Crippen molar-refractivity contribution >= 4 is 29.2 Å². The Bertz CT molecular complexity index is 766. The second-order valence-corrected chi connectivity index (χ2v) is 5.17. The minimum atomic E-state index is -0.695. The van der Waals surface area contributed by atoms with Crippen molar-refractivity contribution in [2.24, 2.45) is 0 Å². The van der Waals surface area contributed by atoms with E-state index in [-0.39, 0.29) is 11.4 Å². The number of anilines is 1. The summed E-state index contributed by atoms with van der Waals surface area (Å²) in [5.41, 5.74) is 0.618. The van der Waals surface area contributed by atoms with Crippen LogP contribution in [0.15, 0.2) is 36.5 Å². The zero-order valence-electron chi connectivity index (χ0n) is 13.7. The molecule has 1 aromatic heterocycles. The number of ether oxygens (including phenoxy) is 3. The molecule has 2 rings (SSSR count). The van der Waals surface area contributed by atoms with Gasteiger partial charge in [0.2, 0.25) is 5.88 Å². The Morgan fingerprint density at radius 3 is 2.76 bits per heavy atom. The minimum Gasteiger partial charge on any atom is -0.495 e. The molecule has 0 aliphatic rings. The van der Waals surface area contributed by atoms with Crippen LogP contribution in [0, 0.1) is 0 Å². The number of amides is 1. The first kappa shape index (κ1) is 18.5. The molecule has 1 aromatic carbocycles. The minimum absolute atomic E-state index is 0.157. The Balaban J connectivity index is 1.93. The molecule has 0 saturated carbocycles. The maximum atomic E-state index is 12.1. The van der Waals surface area contributed by atoms with Gasteiger partial charge in [0.25, 0.3) is 5.91 Å². The predicted molar refractivity (Wildman–Crippen MR) is 92.3 cm³/mol. The van der Waals surface area contributed by atoms with Gasteiger partial charge in [-0.3, -0.25) is 4.79 Å². The molecule has 0 radical (unpaired) electrons. The first-order valence-corrected chi connectivity index (χ1v) is 7.81. The number of nitrogens with zero attached hydrogens (tertiary/aromatic N) is 1. The van der Waals surface area contributed by atoms with Crippen LogP contribution in [0.4, 0.5) is 5.69 Å². The molecule has 8 heteroatoms. The largest absolute Gasteiger partial charge is 0.495 e. The van der Waals surface area contributed by atoms with Gasteiger partial charge in [-0.2, -0.15) is 0 Å². The molecule has 2 aromatic rings. The molecule has 1 amide bonds. The topological polar surface area (TPSA) is 86.8 Å². The first-order valence-electron chi connectivity index (χ1n) is 7.43. The van der Waals surface area contributed by atoms with Crippen molar-refractivity contribution in [3.05, 3.63) is 47.1 Å². The first-order chi connectivity index (χ1) is 12.0. The van der Waals surface area contributed by atoms with Crippen molar-refractivity contribution in [3.8, 4) is 11.6 Å². The number of halogens is 1. The number of hydrogen-bond donors (Lipinski definition) is 1. The number of hydrogen-bond acceptors (Lipinski definition) is 6. The van der Waals surface area contributed by atoms with E-state index in [4.69, 9.17) is 25.8 Å². The van der Waals surface area contributed by atoms with E-state index in [1.165, 1.54) is 25.4 Å². The van der Waals surface area contributed by atoms with Crippen LogP contribution in [0.25, 0.3) is 0 Å². The van der Waals surface area contributed by atoms with Gasteiger partial charge in [0.1, 0.15) is 11.3 Å². The number of methoxy groups -OCH3 is 1. The molecule has 7 nitrogen and oxygen atoms in total. The fraction of sp³-hybridized carbons (Fsp3) is 0.235. The molecule has 132 valence electrons. The lowest BCUT2D eigenvalue weighted by Gasteiger charge is -2.10. The van der Waals surface area contributed by atoms with E-state index < -0.39 is 18.5 Å². The molecule has 0 aliphatic carbocycles. The van der Waals surface area contributed by atoms with Gasteiger partial charge in [-0.25, -0.2) is 9.78 Å². The van der Waals surface area contributed by atoms with Gasteiger partial charge in [0.15, 0.2) is 6.61 Å². The summed E-state index contributed by atoms with van der Waals surface area (Å²) < 4.78 is 15.3. The maximum Gasteiger partial charge on any atom is 0.344 e. The van der Waals surface area contributed by atoms with E-state index in [1.807, 2.05) is 0 Å². The van der Waals surface area contributed by atoms with E-state index in [9.17, 15) is 9.59 Å². The van der Waals surface area contributed by atoms with Crippen molar-refractivity contribution in [1.29, 1.82) is 0 Å². The highest BCUT2D eigenvalue weighted by molar-refractivity contribution is 6.32. The van der Waals surface area contributed by atoms with Crippen molar-refractivity contribution < 1.29 is 23.8 Å². The van der Waals surface area contributed by atoms with Crippen molar-refractivity contribution in [1.82, 2.24) is 4.98 Å². The number of nitrogens with one attached hydrogen (secondary N) is 1. The quantitative estimate of drug-likeness (QED) is 0.760. The SMILES string of the molecule is CCOc1ncccc1C(=O)OCC(=O)Nc1ccc(OC)c(Cl)c1. The third-order valence-electron chi connectivity index (χ3n) is 3.04. The number of rotatable bonds is 7. The molecule has 0 atom stereocenters. The van der Waals surface area contributed by atoms with Crippen LogP contribution in [0.2, 0.25) is 5.02 Å². The highest BCUT2D eigenvalue weighted by atomic mass is 35.5. The average Bonchev–Trinajstić information content (AvgIpc) is 2.60. The number of aromatic nitrogens is 1. The molecule has 1 N–H and O–H groups in total. The molecule has 0 unspecified atom stereocenters. The van der Waals surface area contributed by atoms with Crippen LogP contribution in [0.1, 0.15) is 17.3 Å². The van der Waals surface area contributed by atoms with Crippen LogP contribution >= 0.6 is 11.6 Å². The van der Waals surface area contributed by atoms with Gasteiger partial charge >= 0.3 is 5.97 Å². The van der Waals surface area contributed by atoms with Crippen LogP contribution in [-0.2, 0) is 9.53 Å². The molecule has 0 bridgehead atoms. The summed E-state index contributed by atoms with van der Waals surface area (Å²) in [5.74, 6) is -0.542. The summed E-state index contributed by atoms with van der Waals surface area (Å²) >= 11 is 5.99. The fourth-order valence-electron chi connectivity index (χ4n) is 1.95. The van der Waals surface area contributed by atoms with E-state index >= 15 is 0 Å². The second kappa shape index (κ2) is 8.89. The monoisotopic (exact) mass is 364 g/mol. The zero-order valence-corrected chi connectivity index (χ0v) is 14.5. The van der Waals surface area contributed by atoms with Gasteiger partial charge in [0, 0.05) is 11.9 Å². The van der Waals surface area contributed by atoms with E-state index in [0.29, 0.717) is 23.1 Å². The van der Waals surface area contributed by atoms with E-state index in [1.54, 1.807) is 25.1 Å². The summed E-state index contributed by atoms with van der Waals surface area (Å²) in [7, 11) is 1.49. The molecule has 1 heterocycles.